The topological polar surface area (TPSA) is 62.3 Å². The number of nitrogens with one attached hydrogen (secondary N) is 1. The Morgan fingerprint density at radius 3 is 2.76 bits per heavy atom. The molecule has 29 heavy (non-hydrogen) atoms. The van der Waals surface area contributed by atoms with Crippen molar-refractivity contribution in [3.05, 3.63) is 76.3 Å². The van der Waals surface area contributed by atoms with Crippen LogP contribution in [-0.4, -0.2) is 21.8 Å². The van der Waals surface area contributed by atoms with Crippen molar-refractivity contribution in [2.45, 2.75) is 38.3 Å². The van der Waals surface area contributed by atoms with Crippen molar-refractivity contribution >= 4 is 23.3 Å². The second kappa shape index (κ2) is 6.81. The number of nitrogens with zero attached hydrogens (tertiary/aromatic N) is 2. The smallest absolute Gasteiger partial charge is 0.319 e. The first-order valence-electron chi connectivity index (χ1n) is 9.81. The van der Waals surface area contributed by atoms with Crippen LogP contribution in [0.2, 0.25) is 0 Å². The summed E-state index contributed by atoms with van der Waals surface area (Å²) >= 11 is 1.53. The van der Waals surface area contributed by atoms with Crippen LogP contribution in [0.15, 0.2) is 53.9 Å². The average Bonchev–Trinajstić information content (AvgIpc) is 3.29. The van der Waals surface area contributed by atoms with Gasteiger partial charge in [0.2, 0.25) is 0 Å². The number of carbonyl (C=O) groups excluding carboxylic acids is 2. The highest BCUT2D eigenvalue weighted by Crippen LogP contribution is 2.40. The van der Waals surface area contributed by atoms with Gasteiger partial charge in [0.05, 0.1) is 12.2 Å². The number of amides is 3. The predicted octanol–water partition coefficient (Wildman–Crippen LogP) is 4.40. The van der Waals surface area contributed by atoms with Crippen LogP contribution in [0.5, 0.6) is 0 Å². The number of rotatable bonds is 3. The van der Waals surface area contributed by atoms with Gasteiger partial charge in [0.25, 0.3) is 5.91 Å². The summed E-state index contributed by atoms with van der Waals surface area (Å²) in [5.74, 6) is -0.167. The second-order valence-electron chi connectivity index (χ2n) is 7.75. The van der Waals surface area contributed by atoms with Crippen LogP contribution in [0, 0.1) is 6.92 Å². The third-order valence-corrected chi connectivity index (χ3v) is 6.76. The normalized spacial score (nSPS) is 20.8. The van der Waals surface area contributed by atoms with E-state index < -0.39 is 5.54 Å². The first kappa shape index (κ1) is 18.1. The summed E-state index contributed by atoms with van der Waals surface area (Å²) in [6, 6.07) is 15.8. The van der Waals surface area contributed by atoms with E-state index in [1.807, 2.05) is 48.7 Å². The average molecular weight is 404 g/mol. The zero-order chi connectivity index (χ0) is 20.0. The molecule has 0 bridgehead atoms. The third-order valence-electron chi connectivity index (χ3n) is 5.82. The number of urea groups is 1. The molecule has 0 unspecified atom stereocenters. The van der Waals surface area contributed by atoms with Gasteiger partial charge in [0.15, 0.2) is 0 Å². The zero-order valence-corrected chi connectivity index (χ0v) is 17.0. The molecule has 1 saturated heterocycles. The lowest BCUT2D eigenvalue weighted by atomic mass is 9.76. The fourth-order valence-corrected chi connectivity index (χ4v) is 5.14. The van der Waals surface area contributed by atoms with E-state index in [-0.39, 0.29) is 18.5 Å². The van der Waals surface area contributed by atoms with Gasteiger partial charge in [-0.25, -0.2) is 9.78 Å². The predicted molar refractivity (Wildman–Crippen MR) is 112 cm³/mol. The minimum absolute atomic E-state index is 0.167. The highest BCUT2D eigenvalue weighted by Gasteiger charge is 2.53. The van der Waals surface area contributed by atoms with Crippen molar-refractivity contribution in [2.75, 3.05) is 0 Å². The Balaban J connectivity index is 1.42. The molecule has 6 heteroatoms. The molecule has 1 aliphatic heterocycles. The number of aromatic nitrogens is 1. The second-order valence-corrected chi connectivity index (χ2v) is 8.61. The van der Waals surface area contributed by atoms with E-state index in [0.29, 0.717) is 6.42 Å². The van der Waals surface area contributed by atoms with E-state index in [1.54, 1.807) is 0 Å². The highest BCUT2D eigenvalue weighted by atomic mass is 32.1. The van der Waals surface area contributed by atoms with Gasteiger partial charge in [-0.05, 0) is 37.3 Å². The minimum Gasteiger partial charge on any atom is -0.319 e. The summed E-state index contributed by atoms with van der Waals surface area (Å²) in [6.45, 7) is 2.24. The van der Waals surface area contributed by atoms with E-state index in [9.17, 15) is 9.59 Å². The zero-order valence-electron chi connectivity index (χ0n) is 16.1. The van der Waals surface area contributed by atoms with Gasteiger partial charge in [-0.2, -0.15) is 0 Å². The van der Waals surface area contributed by atoms with Gasteiger partial charge < -0.3 is 5.32 Å². The van der Waals surface area contributed by atoms with E-state index >= 15 is 0 Å². The molecule has 0 radical (unpaired) electrons. The Morgan fingerprint density at radius 1 is 1.14 bits per heavy atom. The molecule has 3 amide bonds. The van der Waals surface area contributed by atoms with Crippen LogP contribution < -0.4 is 5.32 Å². The molecule has 1 atom stereocenters. The van der Waals surface area contributed by atoms with E-state index in [2.05, 4.69) is 22.4 Å². The number of aryl methyl sites for hydroxylation is 2. The van der Waals surface area contributed by atoms with Crippen molar-refractivity contribution in [2.24, 2.45) is 0 Å². The molecular weight excluding hydrogens is 382 g/mol. The minimum atomic E-state index is -0.929. The van der Waals surface area contributed by atoms with Crippen LogP contribution in [0.3, 0.4) is 0 Å². The number of hydrogen-bond acceptors (Lipinski definition) is 4. The van der Waals surface area contributed by atoms with Crippen molar-refractivity contribution in [1.82, 2.24) is 15.2 Å². The summed E-state index contributed by atoms with van der Waals surface area (Å²) in [7, 11) is 0. The molecule has 1 aliphatic carbocycles. The first-order chi connectivity index (χ1) is 14.1. The van der Waals surface area contributed by atoms with Gasteiger partial charge in [0.1, 0.15) is 10.5 Å². The number of fused-ring (bicyclic) bond motifs is 2. The summed E-state index contributed by atoms with van der Waals surface area (Å²) in [6.07, 6.45) is 2.45. The molecule has 1 spiro atoms. The maximum absolute atomic E-state index is 13.4. The molecule has 0 saturated carbocycles. The van der Waals surface area contributed by atoms with Gasteiger partial charge in [-0.3, -0.25) is 9.69 Å². The van der Waals surface area contributed by atoms with Crippen molar-refractivity contribution < 1.29 is 9.59 Å². The van der Waals surface area contributed by atoms with E-state index in [1.165, 1.54) is 21.8 Å². The molecule has 146 valence electrons. The Bertz CT molecular complexity index is 1110. The number of benzene rings is 2. The lowest BCUT2D eigenvalue weighted by Crippen LogP contribution is -2.46. The first-order valence-corrected chi connectivity index (χ1v) is 10.7. The van der Waals surface area contributed by atoms with Crippen molar-refractivity contribution in [3.8, 4) is 10.6 Å². The summed E-state index contributed by atoms with van der Waals surface area (Å²) in [4.78, 5) is 32.1. The van der Waals surface area contributed by atoms with Crippen molar-refractivity contribution in [3.63, 3.8) is 0 Å². The highest BCUT2D eigenvalue weighted by molar-refractivity contribution is 7.13. The lowest BCUT2D eigenvalue weighted by Gasteiger charge is -2.33. The van der Waals surface area contributed by atoms with Crippen LogP contribution >= 0.6 is 11.3 Å². The van der Waals surface area contributed by atoms with Gasteiger partial charge >= 0.3 is 6.03 Å². The fourth-order valence-electron chi connectivity index (χ4n) is 4.33. The number of thiazole rings is 1. The van der Waals surface area contributed by atoms with Crippen LogP contribution in [0.1, 0.15) is 35.2 Å². The Kier molecular flexibility index (Phi) is 4.24. The van der Waals surface area contributed by atoms with E-state index in [0.717, 1.165) is 40.2 Å². The summed E-state index contributed by atoms with van der Waals surface area (Å²) in [5.41, 5.74) is 4.12. The van der Waals surface area contributed by atoms with Gasteiger partial charge in [-0.15, -0.1) is 11.3 Å². The Hall–Kier alpha value is -2.99. The molecule has 1 fully saturated rings. The monoisotopic (exact) mass is 403 g/mol. The number of hydrogen-bond donors (Lipinski definition) is 1. The molecule has 2 heterocycles. The molecule has 1 aromatic heterocycles. The SMILES string of the molecule is Cc1ccc(-c2nc(CN3C(=O)N[C@]4(CCCc5ccccc54)C3=O)cs2)cc1. The molecule has 2 aliphatic rings. The summed E-state index contributed by atoms with van der Waals surface area (Å²) < 4.78 is 0. The summed E-state index contributed by atoms with van der Waals surface area (Å²) in [5, 5.41) is 5.82. The number of imide groups is 1. The maximum Gasteiger partial charge on any atom is 0.325 e. The largest absolute Gasteiger partial charge is 0.325 e. The molecule has 3 aromatic rings. The molecule has 1 N–H and O–H groups in total. The molecule has 5 rings (SSSR count). The van der Waals surface area contributed by atoms with Crippen molar-refractivity contribution in [1.29, 1.82) is 0 Å². The number of carbonyl (C=O) groups is 2. The Morgan fingerprint density at radius 2 is 1.93 bits per heavy atom. The standard InChI is InChI=1S/C23H21N3O2S/c1-15-8-10-17(11-9-15)20-24-18(14-29-20)13-26-21(27)23(25-22(26)28)12-4-6-16-5-2-3-7-19(16)23/h2-3,5,7-11,14H,4,6,12-13H2,1H3,(H,25,28)/t23-/m0/s1. The van der Waals surface area contributed by atoms with Crippen LogP contribution in [0.4, 0.5) is 4.79 Å². The van der Waals surface area contributed by atoms with Gasteiger partial charge in [0, 0.05) is 10.9 Å². The fraction of sp³-hybridized carbons (Fsp3) is 0.261. The van der Waals surface area contributed by atoms with E-state index in [4.69, 9.17) is 0 Å². The molecule has 2 aromatic carbocycles. The lowest BCUT2D eigenvalue weighted by molar-refractivity contribution is -0.132. The van der Waals surface area contributed by atoms with Gasteiger partial charge in [-0.1, -0.05) is 54.1 Å². The quantitative estimate of drug-likeness (QED) is 0.659. The molecular formula is C23H21N3O2S. The Labute approximate surface area is 173 Å². The van der Waals surface area contributed by atoms with Crippen LogP contribution in [-0.2, 0) is 23.3 Å². The third kappa shape index (κ3) is 2.95. The molecule has 5 nitrogen and oxygen atoms in total. The van der Waals surface area contributed by atoms with Crippen LogP contribution in [0.25, 0.3) is 10.6 Å². The maximum atomic E-state index is 13.4.